The van der Waals surface area contributed by atoms with Gasteiger partial charge in [0.1, 0.15) is 17.4 Å². The van der Waals surface area contributed by atoms with E-state index in [1.165, 1.54) is 12.8 Å². The minimum Gasteiger partial charge on any atom is -0.494 e. The Hall–Kier alpha value is -4.07. The van der Waals surface area contributed by atoms with Gasteiger partial charge in [-0.3, -0.25) is 9.80 Å². The molecule has 0 atom stereocenters. The molecule has 3 aliphatic rings. The van der Waals surface area contributed by atoms with Crippen LogP contribution in [0.3, 0.4) is 0 Å². The lowest BCUT2D eigenvalue weighted by atomic mass is 9.85. The summed E-state index contributed by atoms with van der Waals surface area (Å²) in [6, 6.07) is 12.5. The number of hydrogen-bond donors (Lipinski definition) is 1. The van der Waals surface area contributed by atoms with Gasteiger partial charge in [0.2, 0.25) is 5.95 Å². The first-order valence-electron chi connectivity index (χ1n) is 15.4. The SMILES string of the molecule is COc1cc(N2CCN(C3CC3)CC2)c(Cl)cc1Nc1nccc(-c2cc(C#N)c3c(c2)C(C)(C)CN3C(=O)OC(C)(C)C)n1. The Morgan fingerprint density at radius 3 is 2.51 bits per heavy atom. The van der Waals surface area contributed by atoms with Crippen molar-refractivity contribution in [3.63, 3.8) is 0 Å². The van der Waals surface area contributed by atoms with Gasteiger partial charge in [0, 0.05) is 62.0 Å². The summed E-state index contributed by atoms with van der Waals surface area (Å²) in [6.07, 6.45) is 3.83. The van der Waals surface area contributed by atoms with E-state index in [-0.39, 0.29) is 0 Å². The Labute approximate surface area is 269 Å². The van der Waals surface area contributed by atoms with Crippen molar-refractivity contribution in [3.8, 4) is 23.1 Å². The number of amides is 1. The van der Waals surface area contributed by atoms with Crippen LogP contribution in [0.15, 0.2) is 36.5 Å². The molecule has 1 N–H and O–H groups in total. The number of nitriles is 1. The average Bonchev–Trinajstić information content (AvgIpc) is 3.81. The molecule has 3 heterocycles. The molecule has 236 valence electrons. The van der Waals surface area contributed by atoms with Crippen molar-refractivity contribution in [2.24, 2.45) is 0 Å². The Bertz CT molecular complexity index is 1670. The fourth-order valence-electron chi connectivity index (χ4n) is 6.23. The molecule has 1 saturated carbocycles. The lowest BCUT2D eigenvalue weighted by Gasteiger charge is -2.36. The number of nitrogens with one attached hydrogen (secondary N) is 1. The lowest BCUT2D eigenvalue weighted by molar-refractivity contribution is 0.0579. The van der Waals surface area contributed by atoms with Crippen LogP contribution in [-0.4, -0.2) is 72.4 Å². The highest BCUT2D eigenvalue weighted by Gasteiger charge is 2.42. The fourth-order valence-corrected chi connectivity index (χ4v) is 6.51. The van der Waals surface area contributed by atoms with E-state index in [2.05, 4.69) is 40.0 Å². The molecule has 10 nitrogen and oxygen atoms in total. The first-order valence-corrected chi connectivity index (χ1v) is 15.8. The number of anilines is 4. The number of nitrogens with zero attached hydrogens (tertiary/aromatic N) is 6. The minimum atomic E-state index is -0.653. The highest BCUT2D eigenvalue weighted by Crippen LogP contribution is 2.45. The first kappa shape index (κ1) is 30.9. The zero-order valence-electron chi connectivity index (χ0n) is 26.8. The number of carbonyl (C=O) groups excluding carboxylic acids is 1. The predicted molar refractivity (Wildman–Crippen MR) is 177 cm³/mol. The Balaban J connectivity index is 1.27. The maximum absolute atomic E-state index is 13.1. The molecule has 1 aliphatic carbocycles. The molecule has 6 rings (SSSR count). The van der Waals surface area contributed by atoms with Gasteiger partial charge in [0.15, 0.2) is 0 Å². The number of rotatable bonds is 6. The molecular formula is C34H40ClN7O3. The number of fused-ring (bicyclic) bond motifs is 1. The molecule has 0 spiro atoms. The van der Waals surface area contributed by atoms with E-state index in [4.69, 9.17) is 26.1 Å². The lowest BCUT2D eigenvalue weighted by Crippen LogP contribution is -2.47. The Morgan fingerprint density at radius 2 is 1.87 bits per heavy atom. The van der Waals surface area contributed by atoms with E-state index in [0.717, 1.165) is 49.0 Å². The van der Waals surface area contributed by atoms with Crippen LogP contribution < -0.4 is 19.9 Å². The number of ether oxygens (including phenoxy) is 2. The molecular weight excluding hydrogens is 590 g/mol. The summed E-state index contributed by atoms with van der Waals surface area (Å²) in [5, 5.41) is 14.1. The molecule has 0 radical (unpaired) electrons. The van der Waals surface area contributed by atoms with Gasteiger partial charge in [-0.1, -0.05) is 25.4 Å². The molecule has 11 heteroatoms. The number of aromatic nitrogens is 2. The summed E-state index contributed by atoms with van der Waals surface area (Å²) in [5.41, 5.74) is 3.79. The third-order valence-corrected chi connectivity index (χ3v) is 8.88. The molecule has 0 bridgehead atoms. The second kappa shape index (κ2) is 11.7. The monoisotopic (exact) mass is 629 g/mol. The van der Waals surface area contributed by atoms with Crippen molar-refractivity contribution in [2.45, 2.75) is 64.5 Å². The topological polar surface area (TPSA) is 107 Å². The van der Waals surface area contributed by atoms with Crippen LogP contribution in [0.5, 0.6) is 5.75 Å². The van der Waals surface area contributed by atoms with Gasteiger partial charge in [-0.05, 0) is 63.4 Å². The molecule has 1 saturated heterocycles. The largest absolute Gasteiger partial charge is 0.494 e. The van der Waals surface area contributed by atoms with Gasteiger partial charge >= 0.3 is 6.09 Å². The summed E-state index contributed by atoms with van der Waals surface area (Å²) in [7, 11) is 1.64. The first-order chi connectivity index (χ1) is 21.4. The second-order valence-corrected chi connectivity index (χ2v) is 14.0. The number of piperazine rings is 1. The third kappa shape index (κ3) is 6.37. The van der Waals surface area contributed by atoms with Crippen LogP contribution in [0, 0.1) is 11.3 Å². The summed E-state index contributed by atoms with van der Waals surface area (Å²) in [4.78, 5) is 28.8. The van der Waals surface area contributed by atoms with Gasteiger partial charge in [-0.15, -0.1) is 0 Å². The molecule has 2 fully saturated rings. The van der Waals surface area contributed by atoms with Crippen molar-refractivity contribution in [1.82, 2.24) is 14.9 Å². The van der Waals surface area contributed by atoms with Gasteiger partial charge in [0.25, 0.3) is 0 Å². The number of carbonyl (C=O) groups is 1. The highest BCUT2D eigenvalue weighted by atomic mass is 35.5. The van der Waals surface area contributed by atoms with E-state index >= 15 is 0 Å². The van der Waals surface area contributed by atoms with Crippen molar-refractivity contribution in [1.29, 1.82) is 5.26 Å². The summed E-state index contributed by atoms with van der Waals surface area (Å²) < 4.78 is 11.4. The Kier molecular flexibility index (Phi) is 8.04. The molecule has 2 aliphatic heterocycles. The third-order valence-electron chi connectivity index (χ3n) is 8.58. The number of benzene rings is 2. The molecule has 2 aromatic carbocycles. The zero-order valence-corrected chi connectivity index (χ0v) is 27.5. The van der Waals surface area contributed by atoms with E-state index in [9.17, 15) is 10.1 Å². The number of methoxy groups -OCH3 is 1. The van der Waals surface area contributed by atoms with Crippen LogP contribution in [0.25, 0.3) is 11.3 Å². The second-order valence-electron chi connectivity index (χ2n) is 13.6. The quantitative estimate of drug-likeness (QED) is 0.317. The van der Waals surface area contributed by atoms with E-state index in [0.29, 0.717) is 45.9 Å². The molecule has 0 unspecified atom stereocenters. The summed E-state index contributed by atoms with van der Waals surface area (Å²) in [6.45, 7) is 13.9. The Morgan fingerprint density at radius 1 is 1.13 bits per heavy atom. The van der Waals surface area contributed by atoms with Gasteiger partial charge in [-0.25, -0.2) is 14.8 Å². The summed E-state index contributed by atoms with van der Waals surface area (Å²) in [5.74, 6) is 1.00. The van der Waals surface area contributed by atoms with Crippen molar-refractivity contribution in [2.75, 3.05) is 55.0 Å². The zero-order chi connectivity index (χ0) is 32.1. The van der Waals surface area contributed by atoms with Crippen LogP contribution in [0.4, 0.5) is 27.8 Å². The highest BCUT2D eigenvalue weighted by molar-refractivity contribution is 6.33. The van der Waals surface area contributed by atoms with Crippen LogP contribution >= 0.6 is 11.6 Å². The molecule has 1 amide bonds. The molecule has 1 aromatic heterocycles. The van der Waals surface area contributed by atoms with E-state index in [1.807, 2.05) is 39.0 Å². The minimum absolute atomic E-state index is 0.362. The van der Waals surface area contributed by atoms with Crippen molar-refractivity contribution in [3.05, 3.63) is 52.7 Å². The molecule has 3 aromatic rings. The van der Waals surface area contributed by atoms with Crippen LogP contribution in [0.2, 0.25) is 5.02 Å². The maximum atomic E-state index is 13.1. The van der Waals surface area contributed by atoms with Crippen molar-refractivity contribution >= 4 is 40.7 Å². The maximum Gasteiger partial charge on any atom is 0.414 e. The average molecular weight is 630 g/mol. The van der Waals surface area contributed by atoms with Gasteiger partial charge in [-0.2, -0.15) is 5.26 Å². The number of halogens is 1. The van der Waals surface area contributed by atoms with E-state index < -0.39 is 17.1 Å². The van der Waals surface area contributed by atoms with Gasteiger partial charge < -0.3 is 19.7 Å². The standard InChI is InChI=1S/C34H40ClN7O3/c1-33(2,3)45-32(43)42-20-34(4,5)24-16-21(15-22(19-36)30(24)42)26-9-10-37-31(38-26)39-27-17-25(35)28(18-29(27)44-6)41-13-11-40(12-14-41)23-7-8-23/h9-10,15-18,23H,7-8,11-14,20H2,1-6H3,(H,37,38,39). The normalized spacial score (nSPS) is 17.9. The smallest absolute Gasteiger partial charge is 0.414 e. The van der Waals surface area contributed by atoms with Crippen molar-refractivity contribution < 1.29 is 14.3 Å². The fraction of sp³-hybridized carbons (Fsp3) is 0.471. The van der Waals surface area contributed by atoms with Crippen LogP contribution in [-0.2, 0) is 10.2 Å². The predicted octanol–water partition coefficient (Wildman–Crippen LogP) is 6.74. The van der Waals surface area contributed by atoms with Gasteiger partial charge in [0.05, 0.1) is 40.5 Å². The van der Waals surface area contributed by atoms with Crippen LogP contribution in [0.1, 0.15) is 58.6 Å². The molecule has 45 heavy (non-hydrogen) atoms. The number of hydrogen-bond acceptors (Lipinski definition) is 9. The van der Waals surface area contributed by atoms with E-state index in [1.54, 1.807) is 30.3 Å². The summed E-state index contributed by atoms with van der Waals surface area (Å²) >= 11 is 6.82.